The molecular weight excluding hydrogens is 561 g/mol. The summed E-state index contributed by atoms with van der Waals surface area (Å²) in [5.74, 6) is -0.338. The smallest absolute Gasteiger partial charge is 0.282 e. The highest BCUT2D eigenvalue weighted by Gasteiger charge is 2.40. The lowest BCUT2D eigenvalue weighted by atomic mass is 9.63. The molecule has 0 atom stereocenters. The number of fused-ring (bicyclic) bond motifs is 2. The van der Waals surface area contributed by atoms with Gasteiger partial charge in [-0.15, -0.1) is 0 Å². The van der Waals surface area contributed by atoms with Crippen molar-refractivity contribution in [1.29, 1.82) is 0 Å². The van der Waals surface area contributed by atoms with E-state index in [9.17, 15) is 13.0 Å². The minimum absolute atomic E-state index is 0.0409. The second-order valence-corrected chi connectivity index (χ2v) is 14.4. The molecule has 0 saturated heterocycles. The van der Waals surface area contributed by atoms with E-state index in [2.05, 4.69) is 114 Å². The highest BCUT2D eigenvalue weighted by atomic mass is 32.2. The molecule has 0 heterocycles. The van der Waals surface area contributed by atoms with Crippen molar-refractivity contribution < 1.29 is 13.0 Å². The summed E-state index contributed by atoms with van der Waals surface area (Å²) in [7, 11) is -4.43. The molecule has 5 aromatic rings. The fourth-order valence-electron chi connectivity index (χ4n) is 7.28. The number of aryl methyl sites for hydroxylation is 4. The van der Waals surface area contributed by atoms with E-state index in [1.165, 1.54) is 61.7 Å². The first-order valence-corrected chi connectivity index (χ1v) is 16.7. The summed E-state index contributed by atoms with van der Waals surface area (Å²) in [5, 5.41) is 0. The van der Waals surface area contributed by atoms with Crippen molar-refractivity contribution in [1.82, 2.24) is 0 Å². The Labute approximate surface area is 262 Å². The topological polar surface area (TPSA) is 54.4 Å². The van der Waals surface area contributed by atoms with Crippen molar-refractivity contribution >= 4 is 10.1 Å². The van der Waals surface area contributed by atoms with Crippen molar-refractivity contribution in [2.75, 3.05) is 0 Å². The highest BCUT2D eigenvalue weighted by Crippen LogP contribution is 2.51. The Morgan fingerprint density at radius 2 is 1.02 bits per heavy atom. The van der Waals surface area contributed by atoms with Gasteiger partial charge in [0.25, 0.3) is 10.1 Å². The fraction of sp³-hybridized carbons (Fsp3) is 0.250. The molecule has 0 saturated carbocycles. The predicted octanol–water partition coefficient (Wildman–Crippen LogP) is 9.17. The van der Waals surface area contributed by atoms with E-state index in [0.29, 0.717) is 5.56 Å². The zero-order valence-electron chi connectivity index (χ0n) is 26.4. The minimum atomic E-state index is -4.43. The number of hydrogen-bond donors (Lipinski definition) is 1. The van der Waals surface area contributed by atoms with E-state index in [4.69, 9.17) is 0 Å². The molecule has 0 unspecified atom stereocenters. The maximum Gasteiger partial charge on any atom is 0.294 e. The summed E-state index contributed by atoms with van der Waals surface area (Å²) in [5.41, 5.74) is 15.0. The van der Waals surface area contributed by atoms with Gasteiger partial charge < -0.3 is 0 Å². The van der Waals surface area contributed by atoms with Gasteiger partial charge in [-0.3, -0.25) is 4.55 Å². The zero-order chi connectivity index (χ0) is 31.4. The van der Waals surface area contributed by atoms with Crippen LogP contribution in [-0.4, -0.2) is 13.0 Å². The molecule has 5 aromatic carbocycles. The summed E-state index contributed by atoms with van der Waals surface area (Å²) in [6.07, 6.45) is 1.65. The molecule has 1 N–H and O–H groups in total. The minimum Gasteiger partial charge on any atom is -0.282 e. The van der Waals surface area contributed by atoms with Crippen LogP contribution in [0.5, 0.6) is 0 Å². The van der Waals surface area contributed by atoms with Crippen LogP contribution in [0.15, 0.2) is 102 Å². The number of hydrogen-bond acceptors (Lipinski definition) is 2. The van der Waals surface area contributed by atoms with Gasteiger partial charge in [-0.2, -0.15) is 8.42 Å². The van der Waals surface area contributed by atoms with Crippen LogP contribution in [-0.2, 0) is 28.4 Å². The van der Waals surface area contributed by atoms with E-state index >= 15 is 0 Å². The van der Waals surface area contributed by atoms with Crippen molar-refractivity contribution in [2.24, 2.45) is 0 Å². The molecule has 0 radical (unpaired) electrons. The van der Waals surface area contributed by atoms with Crippen LogP contribution in [0.1, 0.15) is 92.1 Å². The second kappa shape index (κ2) is 11.2. The average Bonchev–Trinajstić information content (AvgIpc) is 2.97. The zero-order valence-corrected chi connectivity index (χ0v) is 27.2. The molecule has 0 aliphatic heterocycles. The largest absolute Gasteiger partial charge is 0.294 e. The molecule has 1 aliphatic rings. The van der Waals surface area contributed by atoms with Crippen LogP contribution in [0.25, 0.3) is 0 Å². The predicted molar refractivity (Wildman–Crippen MR) is 180 cm³/mol. The third kappa shape index (κ3) is 5.31. The third-order valence-electron chi connectivity index (χ3n) is 9.76. The molecule has 44 heavy (non-hydrogen) atoms. The van der Waals surface area contributed by atoms with Gasteiger partial charge in [0, 0.05) is 11.3 Å². The molecular formula is C40H40O3S. The Kier molecular flexibility index (Phi) is 7.63. The quantitative estimate of drug-likeness (QED) is 0.198. The van der Waals surface area contributed by atoms with Gasteiger partial charge in [-0.1, -0.05) is 105 Å². The lowest BCUT2D eigenvalue weighted by Gasteiger charge is -2.41. The Balaban J connectivity index is 1.56. The molecule has 0 aromatic heterocycles. The third-order valence-corrected chi connectivity index (χ3v) is 10.7. The molecule has 3 nitrogen and oxygen atoms in total. The number of benzene rings is 5. The monoisotopic (exact) mass is 600 g/mol. The molecule has 0 amide bonds. The van der Waals surface area contributed by atoms with Crippen molar-refractivity contribution in [2.45, 2.75) is 70.6 Å². The molecule has 224 valence electrons. The first-order valence-electron chi connectivity index (χ1n) is 15.3. The summed E-state index contributed by atoms with van der Waals surface area (Å²) in [4.78, 5) is -0.0409. The van der Waals surface area contributed by atoms with E-state index in [1.807, 2.05) is 12.1 Å². The van der Waals surface area contributed by atoms with Gasteiger partial charge in [0.15, 0.2) is 0 Å². The first-order chi connectivity index (χ1) is 20.9. The normalized spacial score (nSPS) is 14.2. The SMILES string of the molecule is Cc1cccc(C)c1Cc1ccc2c(c1)C(C)(C)c1cc(Cc3c(C)cccc3C)ccc1C2c1ccccc1S(=O)(=O)O. The van der Waals surface area contributed by atoms with Crippen molar-refractivity contribution in [3.8, 4) is 0 Å². The van der Waals surface area contributed by atoms with Crippen LogP contribution in [0.4, 0.5) is 0 Å². The standard InChI is InChI=1S/C40H40O3S/c1-25-11-9-12-26(2)34(25)21-29-17-19-31-36(23-29)40(5,6)37-24-30(22-35-27(3)13-10-14-28(35)4)18-20-32(37)39(31)33-15-7-8-16-38(33)44(41,42)43/h7-20,23-24,39H,21-22H2,1-6H3,(H,41,42,43). The molecule has 0 bridgehead atoms. The lowest BCUT2D eigenvalue weighted by molar-refractivity contribution is 0.481. The van der Waals surface area contributed by atoms with Gasteiger partial charge in [0.1, 0.15) is 0 Å². The summed E-state index contributed by atoms with van der Waals surface area (Å²) in [6, 6.07) is 33.1. The molecule has 4 heteroatoms. The highest BCUT2D eigenvalue weighted by molar-refractivity contribution is 7.85. The van der Waals surface area contributed by atoms with Crippen LogP contribution in [0, 0.1) is 27.7 Å². The van der Waals surface area contributed by atoms with Crippen LogP contribution in [0.2, 0.25) is 0 Å². The van der Waals surface area contributed by atoms with Crippen LogP contribution >= 0.6 is 0 Å². The Morgan fingerprint density at radius 1 is 0.591 bits per heavy atom. The Bertz CT molecular complexity index is 1870. The second-order valence-electron chi connectivity index (χ2n) is 13.0. The van der Waals surface area contributed by atoms with Crippen molar-refractivity contribution in [3.63, 3.8) is 0 Å². The van der Waals surface area contributed by atoms with E-state index in [0.717, 1.165) is 24.0 Å². The first kappa shape index (κ1) is 30.1. The molecule has 0 fully saturated rings. The van der Waals surface area contributed by atoms with Gasteiger partial charge >= 0.3 is 0 Å². The van der Waals surface area contributed by atoms with Gasteiger partial charge in [0.05, 0.1) is 4.90 Å². The van der Waals surface area contributed by atoms with Crippen molar-refractivity contribution in [3.05, 3.63) is 169 Å². The lowest BCUT2D eigenvalue weighted by Crippen LogP contribution is -2.31. The van der Waals surface area contributed by atoms with E-state index in [1.54, 1.807) is 6.07 Å². The maximum atomic E-state index is 12.6. The van der Waals surface area contributed by atoms with Gasteiger partial charge in [-0.05, 0) is 119 Å². The molecule has 6 rings (SSSR count). The summed E-state index contributed by atoms with van der Waals surface area (Å²) >= 11 is 0. The van der Waals surface area contributed by atoms with Crippen LogP contribution in [0.3, 0.4) is 0 Å². The molecule has 1 aliphatic carbocycles. The van der Waals surface area contributed by atoms with Gasteiger partial charge in [0.2, 0.25) is 0 Å². The Morgan fingerprint density at radius 3 is 1.45 bits per heavy atom. The van der Waals surface area contributed by atoms with Crippen LogP contribution < -0.4 is 0 Å². The summed E-state index contributed by atoms with van der Waals surface area (Å²) < 4.78 is 35.6. The van der Waals surface area contributed by atoms with E-state index < -0.39 is 10.1 Å². The Hall–Kier alpha value is -3.99. The molecule has 0 spiro atoms. The maximum absolute atomic E-state index is 12.6. The van der Waals surface area contributed by atoms with Gasteiger partial charge in [-0.25, -0.2) is 0 Å². The fourth-order valence-corrected chi connectivity index (χ4v) is 8.01. The number of rotatable bonds is 6. The van der Waals surface area contributed by atoms with E-state index in [-0.39, 0.29) is 16.2 Å². The average molecular weight is 601 g/mol. The summed E-state index contributed by atoms with van der Waals surface area (Å²) in [6.45, 7) is 13.2.